The van der Waals surface area contributed by atoms with Crippen LogP contribution in [0.2, 0.25) is 0 Å². The molecule has 7 nitrogen and oxygen atoms in total. The van der Waals surface area contributed by atoms with E-state index < -0.39 is 0 Å². The summed E-state index contributed by atoms with van der Waals surface area (Å²) >= 11 is 3.38. The molecule has 0 radical (unpaired) electrons. The fourth-order valence-electron chi connectivity index (χ4n) is 5.27. The van der Waals surface area contributed by atoms with E-state index in [-0.39, 0.29) is 24.0 Å². The summed E-state index contributed by atoms with van der Waals surface area (Å²) in [6.07, 6.45) is 9.59. The predicted molar refractivity (Wildman–Crippen MR) is 147 cm³/mol. The van der Waals surface area contributed by atoms with E-state index in [2.05, 4.69) is 40.9 Å². The number of carbonyl (C=O) groups is 2. The largest absolute Gasteiger partial charge is 0.343 e. The van der Waals surface area contributed by atoms with Crippen molar-refractivity contribution in [3.8, 4) is 0 Å². The number of aromatic nitrogens is 1. The second-order valence-electron chi connectivity index (χ2n) is 9.97. The van der Waals surface area contributed by atoms with Crippen molar-refractivity contribution in [3.63, 3.8) is 0 Å². The second-order valence-corrected chi connectivity index (χ2v) is 12.4. The Morgan fingerprint density at radius 2 is 1.74 bits per heavy atom. The molecule has 9 heteroatoms. The molecule has 1 saturated carbocycles. The fourth-order valence-corrected chi connectivity index (χ4v) is 7.21. The van der Waals surface area contributed by atoms with Crippen LogP contribution in [0, 0.1) is 5.92 Å². The highest BCUT2D eigenvalue weighted by Gasteiger charge is 2.35. The number of likely N-dealkylation sites (tertiary alicyclic amines) is 1. The number of hydrogen-bond donors (Lipinski definition) is 1. The van der Waals surface area contributed by atoms with Crippen LogP contribution in [0.1, 0.15) is 79.1 Å². The van der Waals surface area contributed by atoms with Crippen LogP contribution in [0.4, 0.5) is 9.93 Å². The second kappa shape index (κ2) is 14.4. The van der Waals surface area contributed by atoms with E-state index in [1.54, 1.807) is 11.3 Å². The molecule has 2 aliphatic rings. The zero-order valence-electron chi connectivity index (χ0n) is 22.1. The summed E-state index contributed by atoms with van der Waals surface area (Å²) in [6.45, 7) is 13.5. The number of thioether (sulfide) groups is 1. The maximum absolute atomic E-state index is 13.6. The highest BCUT2D eigenvalue weighted by molar-refractivity contribution is 8.01. The zero-order valence-corrected chi connectivity index (χ0v) is 23.8. The summed E-state index contributed by atoms with van der Waals surface area (Å²) in [7, 11) is 0. The first-order valence-corrected chi connectivity index (χ1v) is 15.4. The highest BCUT2D eigenvalue weighted by atomic mass is 32.2. The van der Waals surface area contributed by atoms with Crippen LogP contribution in [0.5, 0.6) is 0 Å². The molecule has 1 aliphatic carbocycles. The number of thiazole rings is 1. The lowest BCUT2D eigenvalue weighted by Gasteiger charge is -2.44. The van der Waals surface area contributed by atoms with Gasteiger partial charge in [-0.2, -0.15) is 0 Å². The first-order chi connectivity index (χ1) is 16.9. The summed E-state index contributed by atoms with van der Waals surface area (Å²) in [5.41, 5.74) is 0. The molecular weight excluding hydrogens is 478 g/mol. The number of urea groups is 1. The van der Waals surface area contributed by atoms with Crippen molar-refractivity contribution in [2.24, 2.45) is 5.92 Å². The number of carbonyl (C=O) groups excluding carboxylic acids is 2. The maximum Gasteiger partial charge on any atom is 0.324 e. The summed E-state index contributed by atoms with van der Waals surface area (Å²) in [4.78, 5) is 37.0. The van der Waals surface area contributed by atoms with Crippen molar-refractivity contribution >= 4 is 40.2 Å². The molecule has 0 spiro atoms. The Hall–Kier alpha value is -1.32. The molecule has 1 aliphatic heterocycles. The van der Waals surface area contributed by atoms with E-state index in [1.165, 1.54) is 12.8 Å². The van der Waals surface area contributed by atoms with Gasteiger partial charge in [0.1, 0.15) is 0 Å². The third kappa shape index (κ3) is 8.35. The minimum atomic E-state index is -0.0167. The van der Waals surface area contributed by atoms with E-state index in [0.29, 0.717) is 11.6 Å². The number of amides is 3. The highest BCUT2D eigenvalue weighted by Crippen LogP contribution is 2.33. The molecule has 1 aromatic rings. The molecule has 2 heterocycles. The molecule has 2 fully saturated rings. The van der Waals surface area contributed by atoms with Crippen LogP contribution < -0.4 is 5.32 Å². The average Bonchev–Trinajstić information content (AvgIpc) is 3.30. The van der Waals surface area contributed by atoms with Gasteiger partial charge >= 0.3 is 6.03 Å². The van der Waals surface area contributed by atoms with Crippen LogP contribution in [-0.4, -0.2) is 82.2 Å². The Kier molecular flexibility index (Phi) is 11.6. The first-order valence-electron chi connectivity index (χ1n) is 13.6. The van der Waals surface area contributed by atoms with Gasteiger partial charge in [-0.1, -0.05) is 39.0 Å². The van der Waals surface area contributed by atoms with Crippen LogP contribution in [0.3, 0.4) is 0 Å². The Bertz CT molecular complexity index is 784. The zero-order chi connectivity index (χ0) is 25.2. The van der Waals surface area contributed by atoms with E-state index in [4.69, 9.17) is 0 Å². The van der Waals surface area contributed by atoms with Gasteiger partial charge in [0.25, 0.3) is 0 Å². The monoisotopic (exact) mass is 523 g/mol. The van der Waals surface area contributed by atoms with E-state index >= 15 is 0 Å². The van der Waals surface area contributed by atoms with Gasteiger partial charge in [-0.3, -0.25) is 10.1 Å². The van der Waals surface area contributed by atoms with Gasteiger partial charge in [0.2, 0.25) is 5.91 Å². The number of hydrogen-bond acceptors (Lipinski definition) is 6. The van der Waals surface area contributed by atoms with Gasteiger partial charge in [-0.05, 0) is 64.0 Å². The molecule has 0 bridgehead atoms. The van der Waals surface area contributed by atoms with E-state index in [0.717, 1.165) is 80.7 Å². The fraction of sp³-hybridized carbons (Fsp3) is 0.808. The quantitative estimate of drug-likeness (QED) is 0.372. The van der Waals surface area contributed by atoms with Crippen molar-refractivity contribution in [1.29, 1.82) is 0 Å². The van der Waals surface area contributed by atoms with Gasteiger partial charge in [0, 0.05) is 43.9 Å². The Balaban J connectivity index is 1.60. The molecule has 3 rings (SSSR count). The number of anilines is 1. The number of rotatable bonds is 11. The lowest BCUT2D eigenvalue weighted by atomic mass is 9.85. The van der Waals surface area contributed by atoms with E-state index in [1.807, 2.05) is 29.8 Å². The Morgan fingerprint density at radius 1 is 1.09 bits per heavy atom. The number of nitrogens with zero attached hydrogens (tertiary/aromatic N) is 4. The van der Waals surface area contributed by atoms with Crippen molar-refractivity contribution in [2.45, 2.75) is 95.4 Å². The van der Waals surface area contributed by atoms with E-state index in [9.17, 15) is 9.59 Å². The van der Waals surface area contributed by atoms with Crippen molar-refractivity contribution in [3.05, 3.63) is 6.20 Å². The molecule has 0 unspecified atom stereocenters. The molecule has 0 aromatic carbocycles. The van der Waals surface area contributed by atoms with Gasteiger partial charge in [0.15, 0.2) is 5.13 Å². The molecule has 35 heavy (non-hydrogen) atoms. The summed E-state index contributed by atoms with van der Waals surface area (Å²) in [5.74, 6) is 2.01. The molecule has 1 saturated heterocycles. The lowest BCUT2D eigenvalue weighted by molar-refractivity contribution is -0.132. The third-order valence-electron chi connectivity index (χ3n) is 7.53. The van der Waals surface area contributed by atoms with Crippen LogP contribution >= 0.6 is 23.1 Å². The minimum Gasteiger partial charge on any atom is -0.343 e. The molecule has 198 valence electrons. The van der Waals surface area contributed by atoms with Gasteiger partial charge in [-0.25, -0.2) is 9.78 Å². The van der Waals surface area contributed by atoms with Crippen molar-refractivity contribution < 1.29 is 9.59 Å². The lowest BCUT2D eigenvalue weighted by Crippen LogP contribution is -2.54. The van der Waals surface area contributed by atoms with Crippen LogP contribution in [0.15, 0.2) is 10.4 Å². The van der Waals surface area contributed by atoms with Gasteiger partial charge in [0.05, 0.1) is 10.4 Å². The standard InChI is InChI=1S/C26H45N5O2S2/c1-5-8-23(32)30-15-13-22(14-16-30)31(21-11-9-20(4)10-12-21)26(33)28-25-27-19-24(35-25)34-18-17-29(6-2)7-3/h19-22H,5-18H2,1-4H3,(H,27,28,33). The smallest absolute Gasteiger partial charge is 0.324 e. The molecule has 1 aromatic heterocycles. The van der Waals surface area contributed by atoms with Gasteiger partial charge in [-0.15, -0.1) is 11.8 Å². The maximum atomic E-state index is 13.6. The Morgan fingerprint density at radius 3 is 2.37 bits per heavy atom. The first kappa shape index (κ1) is 28.3. The summed E-state index contributed by atoms with van der Waals surface area (Å²) < 4.78 is 1.15. The molecule has 3 amide bonds. The SMILES string of the molecule is CCCC(=O)N1CCC(N(C(=O)Nc2ncc(SCCN(CC)CC)s2)C2CCC(C)CC2)CC1. The Labute approximate surface area is 220 Å². The third-order valence-corrected chi connectivity index (χ3v) is 9.62. The average molecular weight is 524 g/mol. The molecule has 0 atom stereocenters. The summed E-state index contributed by atoms with van der Waals surface area (Å²) in [6, 6.07) is 0.441. The van der Waals surface area contributed by atoms with Crippen molar-refractivity contribution in [1.82, 2.24) is 19.7 Å². The predicted octanol–water partition coefficient (Wildman–Crippen LogP) is 5.78. The van der Waals surface area contributed by atoms with Crippen molar-refractivity contribution in [2.75, 3.05) is 43.8 Å². The number of piperidine rings is 1. The topological polar surface area (TPSA) is 68.8 Å². The normalized spacial score (nSPS) is 21.3. The van der Waals surface area contributed by atoms with Crippen LogP contribution in [-0.2, 0) is 4.79 Å². The number of nitrogens with one attached hydrogen (secondary N) is 1. The summed E-state index contributed by atoms with van der Waals surface area (Å²) in [5, 5.41) is 3.82. The molecule has 1 N–H and O–H groups in total. The van der Waals surface area contributed by atoms with Gasteiger partial charge < -0.3 is 14.7 Å². The molecular formula is C26H45N5O2S2. The minimum absolute atomic E-state index is 0.0167. The van der Waals surface area contributed by atoms with Crippen LogP contribution in [0.25, 0.3) is 0 Å².